The number of aliphatic hydroxyl groups is 1. The zero-order chi connectivity index (χ0) is 36.9. The second kappa shape index (κ2) is 16.7. The van der Waals surface area contributed by atoms with Gasteiger partial charge in [-0.1, -0.05) is 130 Å². The summed E-state index contributed by atoms with van der Waals surface area (Å²) in [5.74, 6) is 8.73. The Bertz CT molecular complexity index is 1500. The summed E-state index contributed by atoms with van der Waals surface area (Å²) >= 11 is 0. The summed E-state index contributed by atoms with van der Waals surface area (Å²) in [5, 5.41) is 13.7. The number of aliphatic hydroxyl groups excluding tert-OH is 1. The van der Waals surface area contributed by atoms with Crippen LogP contribution in [0.25, 0.3) is 0 Å². The minimum Gasteiger partial charge on any atom is -0.404 e. The average molecular weight is 711 g/mol. The van der Waals surface area contributed by atoms with Crippen LogP contribution in [0, 0.1) is 35.0 Å². The number of allylic oxidation sites excluding steroid dienone is 3. The van der Waals surface area contributed by atoms with E-state index in [1.165, 1.54) is 48.1 Å². The molecule has 51 heavy (non-hydrogen) atoms. The van der Waals surface area contributed by atoms with E-state index >= 15 is 0 Å². The van der Waals surface area contributed by atoms with Crippen molar-refractivity contribution in [3.8, 4) is 11.8 Å². The molecule has 1 unspecified atom stereocenters. The Hall–Kier alpha value is -2.46. The number of hydrogen-bond donors (Lipinski definition) is 1. The lowest BCUT2D eigenvalue weighted by atomic mass is 9.61. The van der Waals surface area contributed by atoms with Gasteiger partial charge in [-0.05, 0) is 118 Å². The second-order valence-electron chi connectivity index (χ2n) is 17.5. The van der Waals surface area contributed by atoms with E-state index in [0.29, 0.717) is 36.2 Å². The standard InChI is InChI=1S/C46H66O4Si/c1-10-48-35(3)49-45(7,8)29-17-19-34(2)42-27-28-43-37(20-18-30-46(42,43)9)26-25-36-31-38(47)33-39(32-36)50-51(44(4,5)6,40-21-13-11-14-22-40)41-23-15-12-16-24-41/h11-16,21-26,34-35,38-39,42-43,47H,10,18-20,27-28,30-33H2,1-9H3/b36-25+,37-26+/t34-,35?,38-,39-,42-,43-,46-/m1/s1. The molecule has 0 radical (unpaired) electrons. The predicted octanol–water partition coefficient (Wildman–Crippen LogP) is 9.75. The Balaban J connectivity index is 1.32. The molecule has 0 aliphatic heterocycles. The van der Waals surface area contributed by atoms with Crippen LogP contribution in [-0.2, 0) is 13.9 Å². The highest BCUT2D eigenvalue weighted by Gasteiger charge is 2.52. The van der Waals surface area contributed by atoms with Gasteiger partial charge in [0, 0.05) is 13.0 Å². The molecule has 0 spiro atoms. The fraction of sp³-hybridized carbons (Fsp3) is 0.609. The lowest BCUT2D eigenvalue weighted by Gasteiger charge is -2.46. The van der Waals surface area contributed by atoms with Crippen molar-refractivity contribution in [2.24, 2.45) is 23.2 Å². The first-order valence-corrected chi connectivity index (χ1v) is 21.7. The van der Waals surface area contributed by atoms with Crippen molar-refractivity contribution in [1.82, 2.24) is 0 Å². The average Bonchev–Trinajstić information content (AvgIpc) is 3.43. The summed E-state index contributed by atoms with van der Waals surface area (Å²) in [7, 11) is -2.70. The molecule has 0 amide bonds. The van der Waals surface area contributed by atoms with E-state index in [9.17, 15) is 5.11 Å². The normalized spacial score (nSPS) is 28.6. The molecule has 2 aromatic rings. The lowest BCUT2D eigenvalue weighted by molar-refractivity contribution is -0.169. The van der Waals surface area contributed by atoms with E-state index in [2.05, 4.69) is 119 Å². The summed E-state index contributed by atoms with van der Waals surface area (Å²) in [6.07, 6.45) is 13.6. The zero-order valence-electron chi connectivity index (χ0n) is 33.1. The lowest BCUT2D eigenvalue weighted by Crippen LogP contribution is -2.68. The van der Waals surface area contributed by atoms with Crippen LogP contribution in [0.4, 0.5) is 0 Å². The van der Waals surface area contributed by atoms with E-state index in [4.69, 9.17) is 13.9 Å². The van der Waals surface area contributed by atoms with Crippen LogP contribution in [0.1, 0.15) is 120 Å². The van der Waals surface area contributed by atoms with Crippen LogP contribution >= 0.6 is 0 Å². The third-order valence-electron chi connectivity index (χ3n) is 12.2. The largest absolute Gasteiger partial charge is 0.404 e. The first kappa shape index (κ1) is 39.7. The molecule has 3 fully saturated rings. The van der Waals surface area contributed by atoms with Gasteiger partial charge in [0.05, 0.1) is 12.2 Å². The topological polar surface area (TPSA) is 47.9 Å². The maximum absolute atomic E-state index is 11.3. The van der Waals surface area contributed by atoms with Crippen molar-refractivity contribution in [2.45, 2.75) is 149 Å². The fourth-order valence-corrected chi connectivity index (χ4v) is 14.7. The van der Waals surface area contributed by atoms with Gasteiger partial charge in [0.1, 0.15) is 5.60 Å². The Kier molecular flexibility index (Phi) is 13.0. The molecule has 278 valence electrons. The molecular weight excluding hydrogens is 645 g/mol. The fourth-order valence-electron chi connectivity index (χ4n) is 10.0. The molecule has 0 bridgehead atoms. The van der Waals surface area contributed by atoms with E-state index in [1.54, 1.807) is 5.57 Å². The summed E-state index contributed by atoms with van der Waals surface area (Å²) in [4.78, 5) is 0. The number of benzene rings is 2. The van der Waals surface area contributed by atoms with Crippen molar-refractivity contribution in [3.05, 3.63) is 84.0 Å². The van der Waals surface area contributed by atoms with Crippen LogP contribution in [0.2, 0.25) is 5.04 Å². The molecule has 3 saturated carbocycles. The van der Waals surface area contributed by atoms with Gasteiger partial charge in [-0.25, -0.2) is 0 Å². The van der Waals surface area contributed by atoms with Crippen LogP contribution in [0.15, 0.2) is 84.0 Å². The summed E-state index contributed by atoms with van der Waals surface area (Å²) in [6, 6.07) is 21.8. The van der Waals surface area contributed by atoms with Crippen molar-refractivity contribution < 1.29 is 19.0 Å². The summed E-state index contributed by atoms with van der Waals surface area (Å²) < 4.78 is 19.1. The molecule has 4 nitrogen and oxygen atoms in total. The zero-order valence-corrected chi connectivity index (χ0v) is 34.1. The second-order valence-corrected chi connectivity index (χ2v) is 21.8. The van der Waals surface area contributed by atoms with Gasteiger partial charge in [-0.2, -0.15) is 0 Å². The first-order chi connectivity index (χ1) is 24.2. The molecule has 2 aromatic carbocycles. The van der Waals surface area contributed by atoms with Crippen LogP contribution in [0.5, 0.6) is 0 Å². The van der Waals surface area contributed by atoms with E-state index in [0.717, 1.165) is 19.3 Å². The molecule has 0 heterocycles. The quantitative estimate of drug-likeness (QED) is 0.143. The maximum Gasteiger partial charge on any atom is 0.261 e. The molecule has 0 aromatic heterocycles. The van der Waals surface area contributed by atoms with Gasteiger partial charge in [-0.3, -0.25) is 0 Å². The SMILES string of the molecule is CCOC(C)OC(C)(C)C#CC[C@@H](C)[C@H]1CC[C@@H]2/C(=C/C=C3\C[C@@H](O)C[C@H](O[Si](c4ccccc4)(c4ccccc4)C(C)(C)C)C3)CCC[C@@]21C. The molecule has 5 rings (SSSR count). The Morgan fingerprint density at radius 1 is 0.941 bits per heavy atom. The predicted molar refractivity (Wildman–Crippen MR) is 214 cm³/mol. The van der Waals surface area contributed by atoms with Gasteiger partial charge >= 0.3 is 0 Å². The van der Waals surface area contributed by atoms with Gasteiger partial charge in [0.25, 0.3) is 8.32 Å². The smallest absolute Gasteiger partial charge is 0.261 e. The monoisotopic (exact) mass is 710 g/mol. The number of fused-ring (bicyclic) bond motifs is 1. The van der Waals surface area contributed by atoms with Crippen molar-refractivity contribution in [2.75, 3.05) is 6.61 Å². The van der Waals surface area contributed by atoms with Gasteiger partial charge < -0.3 is 19.0 Å². The van der Waals surface area contributed by atoms with Gasteiger partial charge in [0.2, 0.25) is 0 Å². The molecule has 3 aliphatic carbocycles. The highest BCUT2D eigenvalue weighted by molar-refractivity contribution is 6.99. The third kappa shape index (κ3) is 9.20. The summed E-state index contributed by atoms with van der Waals surface area (Å²) in [6.45, 7) is 20.6. The van der Waals surface area contributed by atoms with Gasteiger partial charge in [0.15, 0.2) is 6.29 Å². The highest BCUT2D eigenvalue weighted by Crippen LogP contribution is 2.59. The van der Waals surface area contributed by atoms with E-state index < -0.39 is 13.9 Å². The van der Waals surface area contributed by atoms with Crippen molar-refractivity contribution in [1.29, 1.82) is 0 Å². The first-order valence-electron chi connectivity index (χ1n) is 19.8. The van der Waals surface area contributed by atoms with Crippen molar-refractivity contribution in [3.63, 3.8) is 0 Å². The maximum atomic E-state index is 11.3. The number of rotatable bonds is 11. The highest BCUT2D eigenvalue weighted by atomic mass is 28.4. The van der Waals surface area contributed by atoms with E-state index in [1.807, 2.05) is 27.7 Å². The van der Waals surface area contributed by atoms with Crippen LogP contribution < -0.4 is 10.4 Å². The molecule has 3 aliphatic rings. The molecule has 5 heteroatoms. The molecule has 0 saturated heterocycles. The van der Waals surface area contributed by atoms with Crippen LogP contribution in [-0.4, -0.2) is 44.1 Å². The van der Waals surface area contributed by atoms with E-state index in [-0.39, 0.29) is 23.5 Å². The van der Waals surface area contributed by atoms with Crippen molar-refractivity contribution >= 4 is 18.7 Å². The molecule has 1 N–H and O–H groups in total. The van der Waals surface area contributed by atoms with Gasteiger partial charge in [-0.15, -0.1) is 0 Å². The summed E-state index contributed by atoms with van der Waals surface area (Å²) in [5.41, 5.74) is 2.71. The third-order valence-corrected chi connectivity index (χ3v) is 17.3. The molecular formula is C46H66O4Si. The minimum absolute atomic E-state index is 0.0306. The number of ether oxygens (including phenoxy) is 2. The Morgan fingerprint density at radius 2 is 1.59 bits per heavy atom. The Morgan fingerprint density at radius 3 is 2.20 bits per heavy atom. The Labute approximate surface area is 311 Å². The number of hydrogen-bond acceptors (Lipinski definition) is 4. The molecule has 7 atom stereocenters. The van der Waals surface area contributed by atoms with Crippen LogP contribution in [0.3, 0.4) is 0 Å². The minimum atomic E-state index is -2.70.